The van der Waals surface area contributed by atoms with E-state index >= 15 is 0 Å². The van der Waals surface area contributed by atoms with Gasteiger partial charge in [-0.1, -0.05) is 6.42 Å². The molecular formula is C13H22N4. The first kappa shape index (κ1) is 11.2. The summed E-state index contributed by atoms with van der Waals surface area (Å²) in [7, 11) is 1.99. The summed E-state index contributed by atoms with van der Waals surface area (Å²) >= 11 is 0. The summed E-state index contributed by atoms with van der Waals surface area (Å²) in [5.41, 5.74) is 9.08. The second kappa shape index (κ2) is 3.82. The van der Waals surface area contributed by atoms with Crippen molar-refractivity contribution < 1.29 is 0 Å². The first-order valence-corrected chi connectivity index (χ1v) is 6.57. The van der Waals surface area contributed by atoms with Gasteiger partial charge in [0.2, 0.25) is 0 Å². The third kappa shape index (κ3) is 1.89. The van der Waals surface area contributed by atoms with Crippen LogP contribution in [0.15, 0.2) is 6.20 Å². The van der Waals surface area contributed by atoms with Crippen molar-refractivity contribution in [3.05, 3.63) is 17.5 Å². The Labute approximate surface area is 103 Å². The second-order valence-electron chi connectivity index (χ2n) is 5.92. The summed E-state index contributed by atoms with van der Waals surface area (Å²) in [6, 6.07) is 0. The Hall–Kier alpha value is -0.870. The number of nitrogens with zero attached hydrogens (tertiary/aromatic N) is 3. The average Bonchev–Trinajstić information content (AvgIpc) is 2.80. The summed E-state index contributed by atoms with van der Waals surface area (Å²) < 4.78 is 1.90. The van der Waals surface area contributed by atoms with E-state index in [9.17, 15) is 0 Å². The summed E-state index contributed by atoms with van der Waals surface area (Å²) in [6.07, 6.45) is 5.92. The highest BCUT2D eigenvalue weighted by Crippen LogP contribution is 2.40. The van der Waals surface area contributed by atoms with Gasteiger partial charge >= 0.3 is 0 Å². The molecule has 0 bridgehead atoms. The van der Waals surface area contributed by atoms with Gasteiger partial charge in [0.1, 0.15) is 0 Å². The molecule has 17 heavy (non-hydrogen) atoms. The van der Waals surface area contributed by atoms with Gasteiger partial charge < -0.3 is 5.73 Å². The van der Waals surface area contributed by atoms with Crippen LogP contribution in [0, 0.1) is 12.8 Å². The van der Waals surface area contributed by atoms with Gasteiger partial charge in [-0.2, -0.15) is 5.10 Å². The fourth-order valence-electron chi connectivity index (χ4n) is 3.58. The molecule has 2 heterocycles. The van der Waals surface area contributed by atoms with Crippen molar-refractivity contribution in [3.63, 3.8) is 0 Å². The molecule has 1 aromatic rings. The molecule has 1 saturated heterocycles. The molecule has 2 unspecified atom stereocenters. The average molecular weight is 234 g/mol. The van der Waals surface area contributed by atoms with Gasteiger partial charge in [-0.05, 0) is 31.2 Å². The van der Waals surface area contributed by atoms with Crippen molar-refractivity contribution in [2.75, 3.05) is 13.1 Å². The zero-order chi connectivity index (χ0) is 12.0. The molecule has 2 fully saturated rings. The molecule has 3 rings (SSSR count). The van der Waals surface area contributed by atoms with Crippen molar-refractivity contribution in [1.82, 2.24) is 14.7 Å². The summed E-state index contributed by atoms with van der Waals surface area (Å²) in [4.78, 5) is 2.49. The number of fused-ring (bicyclic) bond motifs is 1. The van der Waals surface area contributed by atoms with Crippen LogP contribution < -0.4 is 5.73 Å². The third-order valence-corrected chi connectivity index (χ3v) is 4.49. The van der Waals surface area contributed by atoms with Crippen LogP contribution in [0.5, 0.6) is 0 Å². The maximum atomic E-state index is 6.48. The van der Waals surface area contributed by atoms with E-state index in [1.807, 2.05) is 11.7 Å². The lowest BCUT2D eigenvalue weighted by molar-refractivity contribution is 0.291. The summed E-state index contributed by atoms with van der Waals surface area (Å²) in [6.45, 7) is 5.31. The fraction of sp³-hybridized carbons (Fsp3) is 0.769. The molecule has 2 N–H and O–H groups in total. The fourth-order valence-corrected chi connectivity index (χ4v) is 3.58. The molecule has 2 aliphatic rings. The maximum absolute atomic E-state index is 6.48. The number of nitrogens with two attached hydrogens (primary N) is 1. The van der Waals surface area contributed by atoms with Gasteiger partial charge in [-0.15, -0.1) is 0 Å². The lowest BCUT2D eigenvalue weighted by Gasteiger charge is -2.23. The van der Waals surface area contributed by atoms with E-state index in [2.05, 4.69) is 23.1 Å². The van der Waals surface area contributed by atoms with E-state index < -0.39 is 0 Å². The Bertz CT molecular complexity index is 425. The topological polar surface area (TPSA) is 47.1 Å². The number of aryl methyl sites for hydroxylation is 2. The molecule has 94 valence electrons. The van der Waals surface area contributed by atoms with E-state index in [0.29, 0.717) is 5.92 Å². The van der Waals surface area contributed by atoms with Crippen molar-refractivity contribution in [3.8, 4) is 0 Å². The molecule has 0 radical (unpaired) electrons. The number of likely N-dealkylation sites (tertiary alicyclic amines) is 1. The first-order valence-electron chi connectivity index (χ1n) is 6.57. The van der Waals surface area contributed by atoms with E-state index in [4.69, 9.17) is 5.73 Å². The Balaban J connectivity index is 1.70. The Morgan fingerprint density at radius 1 is 1.59 bits per heavy atom. The minimum Gasteiger partial charge on any atom is -0.324 e. The van der Waals surface area contributed by atoms with Gasteiger partial charge in [0.05, 0.1) is 5.69 Å². The smallest absolute Gasteiger partial charge is 0.0793 e. The molecule has 0 spiro atoms. The quantitative estimate of drug-likeness (QED) is 0.832. The van der Waals surface area contributed by atoms with Crippen LogP contribution in [-0.2, 0) is 13.6 Å². The SMILES string of the molecule is Cc1cn(C)nc1CN1CC2CCCC2(N)C1. The van der Waals surface area contributed by atoms with Crippen LogP contribution in [0.4, 0.5) is 0 Å². The number of aromatic nitrogens is 2. The normalized spacial score (nSPS) is 33.2. The van der Waals surface area contributed by atoms with Crippen molar-refractivity contribution in [2.45, 2.75) is 38.3 Å². The number of hydrogen-bond acceptors (Lipinski definition) is 3. The van der Waals surface area contributed by atoms with Gasteiger partial charge in [-0.25, -0.2) is 0 Å². The van der Waals surface area contributed by atoms with Crippen LogP contribution >= 0.6 is 0 Å². The Kier molecular flexibility index (Phi) is 2.52. The lowest BCUT2D eigenvalue weighted by atomic mass is 9.92. The molecule has 2 atom stereocenters. The minimum atomic E-state index is 0.0999. The molecular weight excluding hydrogens is 212 g/mol. The van der Waals surface area contributed by atoms with Crippen LogP contribution in [0.1, 0.15) is 30.5 Å². The zero-order valence-electron chi connectivity index (χ0n) is 10.8. The zero-order valence-corrected chi connectivity index (χ0v) is 10.8. The maximum Gasteiger partial charge on any atom is 0.0793 e. The highest BCUT2D eigenvalue weighted by Gasteiger charge is 2.46. The lowest BCUT2D eigenvalue weighted by Crippen LogP contribution is -2.44. The molecule has 1 aliphatic heterocycles. The number of rotatable bonds is 2. The van der Waals surface area contributed by atoms with Gasteiger partial charge in [-0.3, -0.25) is 9.58 Å². The van der Waals surface area contributed by atoms with E-state index in [0.717, 1.165) is 19.6 Å². The van der Waals surface area contributed by atoms with Crippen LogP contribution in [0.2, 0.25) is 0 Å². The molecule has 4 nitrogen and oxygen atoms in total. The molecule has 0 amide bonds. The summed E-state index contributed by atoms with van der Waals surface area (Å²) in [5, 5.41) is 4.52. The van der Waals surface area contributed by atoms with E-state index in [1.165, 1.54) is 30.5 Å². The first-order chi connectivity index (χ1) is 8.07. The Morgan fingerprint density at radius 3 is 3.06 bits per heavy atom. The highest BCUT2D eigenvalue weighted by atomic mass is 15.3. The molecule has 1 aliphatic carbocycles. The number of hydrogen-bond donors (Lipinski definition) is 1. The molecule has 4 heteroatoms. The van der Waals surface area contributed by atoms with E-state index in [-0.39, 0.29) is 5.54 Å². The van der Waals surface area contributed by atoms with Crippen molar-refractivity contribution in [1.29, 1.82) is 0 Å². The third-order valence-electron chi connectivity index (χ3n) is 4.49. The van der Waals surface area contributed by atoms with Crippen molar-refractivity contribution in [2.24, 2.45) is 18.7 Å². The van der Waals surface area contributed by atoms with Crippen LogP contribution in [0.25, 0.3) is 0 Å². The standard InChI is InChI=1S/C13H22N4/c1-10-6-16(2)15-12(10)8-17-7-11-4-3-5-13(11,14)9-17/h6,11H,3-5,7-9,14H2,1-2H3. The van der Waals surface area contributed by atoms with Gasteiger partial charge in [0.25, 0.3) is 0 Å². The Morgan fingerprint density at radius 2 is 2.41 bits per heavy atom. The largest absolute Gasteiger partial charge is 0.324 e. The predicted molar refractivity (Wildman–Crippen MR) is 67.5 cm³/mol. The van der Waals surface area contributed by atoms with Crippen molar-refractivity contribution >= 4 is 0 Å². The summed E-state index contributed by atoms with van der Waals surface area (Å²) in [5.74, 6) is 0.714. The van der Waals surface area contributed by atoms with Crippen LogP contribution in [0.3, 0.4) is 0 Å². The second-order valence-corrected chi connectivity index (χ2v) is 5.92. The van der Waals surface area contributed by atoms with Gasteiger partial charge in [0.15, 0.2) is 0 Å². The molecule has 1 saturated carbocycles. The molecule has 0 aromatic carbocycles. The van der Waals surface area contributed by atoms with E-state index in [1.54, 1.807) is 0 Å². The minimum absolute atomic E-state index is 0.0999. The predicted octanol–water partition coefficient (Wildman–Crippen LogP) is 1.04. The highest BCUT2D eigenvalue weighted by molar-refractivity contribution is 5.15. The monoisotopic (exact) mass is 234 g/mol. The van der Waals surface area contributed by atoms with Crippen LogP contribution in [-0.4, -0.2) is 33.3 Å². The molecule has 1 aromatic heterocycles. The van der Waals surface area contributed by atoms with Gasteiger partial charge in [0, 0.05) is 38.4 Å².